The number of hydrogen-bond donors (Lipinski definition) is 0. The van der Waals surface area contributed by atoms with Crippen molar-refractivity contribution in [3.05, 3.63) is 34.3 Å². The topological polar surface area (TPSA) is 3.24 Å². The summed E-state index contributed by atoms with van der Waals surface area (Å²) in [4.78, 5) is 2.03. The summed E-state index contributed by atoms with van der Waals surface area (Å²) in [7, 11) is 1.96. The highest BCUT2D eigenvalue weighted by molar-refractivity contribution is 9.10. The quantitative estimate of drug-likeness (QED) is 0.748. The number of rotatable bonds is 1. The third kappa shape index (κ3) is 1.84. The Kier molecular flexibility index (Phi) is 2.62. The molecular weight excluding hydrogens is 245 g/mol. The van der Waals surface area contributed by atoms with Gasteiger partial charge in [0.25, 0.3) is 0 Å². The minimum Gasteiger partial charge on any atom is -0.303 e. The van der Waals surface area contributed by atoms with Crippen LogP contribution in [0, 0.1) is 0 Å². The van der Waals surface area contributed by atoms with E-state index in [0.717, 1.165) is 16.6 Å². The van der Waals surface area contributed by atoms with E-state index in [2.05, 4.69) is 15.9 Å². The summed E-state index contributed by atoms with van der Waals surface area (Å²) < 4.78 is 15.4. The molecule has 2 rings (SSSR count). The van der Waals surface area contributed by atoms with Gasteiger partial charge in [-0.2, -0.15) is 0 Å². The van der Waals surface area contributed by atoms with Crippen molar-refractivity contribution in [3.8, 4) is 0 Å². The van der Waals surface area contributed by atoms with Gasteiger partial charge >= 0.3 is 0 Å². The summed E-state index contributed by atoms with van der Waals surface area (Å²) in [6.45, 7) is 1.34. The summed E-state index contributed by atoms with van der Waals surface area (Å²) in [5.41, 5.74) is -0.366. The van der Waals surface area contributed by atoms with E-state index >= 15 is 0 Å². The Labute approximate surface area is 92.0 Å². The van der Waals surface area contributed by atoms with Crippen molar-refractivity contribution in [2.45, 2.75) is 12.1 Å². The molecule has 0 amide bonds. The molecule has 1 aromatic carbocycles. The molecule has 1 heterocycles. The Bertz CT molecular complexity index is 342. The Hall–Kier alpha value is -0.410. The second kappa shape index (κ2) is 3.63. The van der Waals surface area contributed by atoms with Gasteiger partial charge in [-0.1, -0.05) is 28.1 Å². The smallest absolute Gasteiger partial charge is 0.149 e. The second-order valence-electron chi connectivity index (χ2n) is 3.96. The van der Waals surface area contributed by atoms with Crippen molar-refractivity contribution in [2.24, 2.45) is 0 Å². The molecule has 76 valence electrons. The van der Waals surface area contributed by atoms with Gasteiger partial charge in [-0.3, -0.25) is 0 Å². The van der Waals surface area contributed by atoms with Gasteiger partial charge in [-0.15, -0.1) is 0 Å². The van der Waals surface area contributed by atoms with Crippen LogP contribution in [0.5, 0.6) is 0 Å². The molecule has 1 aliphatic rings. The zero-order valence-electron chi connectivity index (χ0n) is 8.13. The van der Waals surface area contributed by atoms with E-state index in [1.54, 1.807) is 0 Å². The van der Waals surface area contributed by atoms with Gasteiger partial charge in [0.05, 0.1) is 0 Å². The zero-order valence-corrected chi connectivity index (χ0v) is 9.72. The normalized spacial score (nSPS) is 28.2. The van der Waals surface area contributed by atoms with Crippen molar-refractivity contribution in [3.63, 3.8) is 0 Å². The Morgan fingerprint density at radius 3 is 2.86 bits per heavy atom. The number of benzene rings is 1. The van der Waals surface area contributed by atoms with Crippen LogP contribution >= 0.6 is 15.9 Å². The molecule has 0 radical (unpaired) electrons. The third-order valence-electron chi connectivity index (χ3n) is 2.75. The molecule has 1 atom stereocenters. The van der Waals surface area contributed by atoms with Crippen LogP contribution in [0.4, 0.5) is 4.39 Å². The van der Waals surface area contributed by atoms with Crippen LogP contribution in [0.3, 0.4) is 0 Å². The third-order valence-corrected chi connectivity index (χ3v) is 3.25. The number of likely N-dealkylation sites (N-methyl/N-ethyl adjacent to an activating group) is 1. The van der Waals surface area contributed by atoms with Gasteiger partial charge in [0.1, 0.15) is 5.67 Å². The van der Waals surface area contributed by atoms with Crippen LogP contribution in [0.15, 0.2) is 28.7 Å². The summed E-state index contributed by atoms with van der Waals surface area (Å²) in [6.07, 6.45) is 0.597. The highest BCUT2D eigenvalue weighted by Gasteiger charge is 2.38. The molecule has 0 aromatic heterocycles. The lowest BCUT2D eigenvalue weighted by Crippen LogP contribution is -2.24. The average Bonchev–Trinajstić information content (AvgIpc) is 2.48. The lowest BCUT2D eigenvalue weighted by molar-refractivity contribution is 0.174. The minimum absolute atomic E-state index is 0.503. The molecule has 0 N–H and O–H groups in total. The van der Waals surface area contributed by atoms with E-state index in [-0.39, 0.29) is 0 Å². The molecule has 1 nitrogen and oxygen atoms in total. The highest BCUT2D eigenvalue weighted by Crippen LogP contribution is 2.36. The first-order chi connectivity index (χ1) is 6.60. The van der Waals surface area contributed by atoms with Crippen LogP contribution in [0.1, 0.15) is 12.0 Å². The van der Waals surface area contributed by atoms with Gasteiger partial charge in [-0.25, -0.2) is 4.39 Å². The first-order valence-electron chi connectivity index (χ1n) is 4.74. The van der Waals surface area contributed by atoms with Gasteiger partial charge in [0.2, 0.25) is 0 Å². The number of likely N-dealkylation sites (tertiary alicyclic amines) is 1. The Morgan fingerprint density at radius 1 is 1.50 bits per heavy atom. The summed E-state index contributed by atoms with van der Waals surface area (Å²) in [5, 5.41) is 0. The second-order valence-corrected chi connectivity index (χ2v) is 4.88. The maximum atomic E-state index is 14.4. The summed E-state index contributed by atoms with van der Waals surface area (Å²) in [5.74, 6) is 0. The first kappa shape index (κ1) is 10.1. The fraction of sp³-hybridized carbons (Fsp3) is 0.455. The lowest BCUT2D eigenvalue weighted by Gasteiger charge is -2.19. The van der Waals surface area contributed by atoms with Crippen LogP contribution < -0.4 is 0 Å². The van der Waals surface area contributed by atoms with E-state index in [4.69, 9.17) is 0 Å². The molecule has 1 fully saturated rings. The molecule has 1 aromatic rings. The molecule has 1 saturated heterocycles. The minimum atomic E-state index is -1.15. The van der Waals surface area contributed by atoms with E-state index in [1.165, 1.54) is 0 Å². The van der Waals surface area contributed by atoms with E-state index in [9.17, 15) is 4.39 Å². The predicted molar refractivity (Wildman–Crippen MR) is 59.0 cm³/mol. The van der Waals surface area contributed by atoms with Crippen molar-refractivity contribution >= 4 is 15.9 Å². The van der Waals surface area contributed by atoms with E-state index in [0.29, 0.717) is 13.0 Å². The van der Waals surface area contributed by atoms with E-state index in [1.807, 2.05) is 36.2 Å². The van der Waals surface area contributed by atoms with Gasteiger partial charge in [-0.05, 0) is 31.2 Å². The monoisotopic (exact) mass is 257 g/mol. The maximum Gasteiger partial charge on any atom is 0.149 e. The number of nitrogens with zero attached hydrogens (tertiary/aromatic N) is 1. The lowest BCUT2D eigenvalue weighted by atomic mass is 9.95. The molecular formula is C11H13BrFN. The summed E-state index contributed by atoms with van der Waals surface area (Å²) in [6, 6.07) is 7.55. The molecule has 0 bridgehead atoms. The maximum absolute atomic E-state index is 14.4. The standard InChI is InChI=1S/C11H13BrFN/c1-14-6-5-11(13,8-14)9-3-2-4-10(12)7-9/h2-4,7H,5-6,8H2,1H3. The van der Waals surface area contributed by atoms with Crippen LogP contribution in [-0.2, 0) is 5.67 Å². The van der Waals surface area contributed by atoms with Crippen LogP contribution in [-0.4, -0.2) is 25.0 Å². The molecule has 0 aliphatic carbocycles. The van der Waals surface area contributed by atoms with Gasteiger partial charge in [0, 0.05) is 17.6 Å². The predicted octanol–water partition coefficient (Wildman–Crippen LogP) is 2.95. The Balaban J connectivity index is 2.30. The molecule has 1 aliphatic heterocycles. The van der Waals surface area contributed by atoms with Gasteiger partial charge < -0.3 is 4.90 Å². The van der Waals surface area contributed by atoms with Crippen LogP contribution in [0.2, 0.25) is 0 Å². The van der Waals surface area contributed by atoms with Gasteiger partial charge in [0.15, 0.2) is 0 Å². The molecule has 3 heteroatoms. The number of hydrogen-bond acceptors (Lipinski definition) is 1. The molecule has 0 saturated carbocycles. The largest absolute Gasteiger partial charge is 0.303 e. The van der Waals surface area contributed by atoms with Crippen molar-refractivity contribution < 1.29 is 4.39 Å². The zero-order chi connectivity index (χ0) is 10.2. The van der Waals surface area contributed by atoms with Crippen LogP contribution in [0.25, 0.3) is 0 Å². The molecule has 14 heavy (non-hydrogen) atoms. The van der Waals surface area contributed by atoms with E-state index < -0.39 is 5.67 Å². The molecule has 1 unspecified atom stereocenters. The fourth-order valence-corrected chi connectivity index (χ4v) is 2.36. The molecule has 0 spiro atoms. The SMILES string of the molecule is CN1CCC(F)(c2cccc(Br)c2)C1. The van der Waals surface area contributed by atoms with Crippen molar-refractivity contribution in [1.29, 1.82) is 0 Å². The highest BCUT2D eigenvalue weighted by atomic mass is 79.9. The Morgan fingerprint density at radius 2 is 2.29 bits per heavy atom. The van der Waals surface area contributed by atoms with Crippen molar-refractivity contribution in [1.82, 2.24) is 4.90 Å². The average molecular weight is 258 g/mol. The number of alkyl halides is 1. The summed E-state index contributed by atoms with van der Waals surface area (Å²) >= 11 is 3.37. The van der Waals surface area contributed by atoms with Crippen molar-refractivity contribution in [2.75, 3.05) is 20.1 Å². The first-order valence-corrected chi connectivity index (χ1v) is 5.53. The fourth-order valence-electron chi connectivity index (χ4n) is 1.96. The number of halogens is 2.